The molecule has 6 heteroatoms. The Bertz CT molecular complexity index is 1040. The van der Waals surface area contributed by atoms with Crippen LogP contribution in [0, 0.1) is 0 Å². The first kappa shape index (κ1) is 18.1. The number of pyridine rings is 1. The molecule has 0 unspecified atom stereocenters. The summed E-state index contributed by atoms with van der Waals surface area (Å²) in [7, 11) is 0. The molecular weight excluding hydrogens is 342 g/mol. The SMILES string of the molecule is O=C(/C=C/c1cc2ccccc2[nH]c1=O)NCCNC(=O)c1ccccc1. The first-order chi connectivity index (χ1) is 13.1. The number of hydrogen-bond acceptors (Lipinski definition) is 3. The molecule has 27 heavy (non-hydrogen) atoms. The third kappa shape index (κ3) is 4.92. The number of aromatic nitrogens is 1. The summed E-state index contributed by atoms with van der Waals surface area (Å²) < 4.78 is 0. The molecule has 2 aromatic carbocycles. The van der Waals surface area contributed by atoms with Crippen LogP contribution in [-0.2, 0) is 4.79 Å². The average Bonchev–Trinajstić information content (AvgIpc) is 2.70. The molecule has 3 aromatic rings. The molecule has 136 valence electrons. The lowest BCUT2D eigenvalue weighted by atomic mass is 10.1. The minimum Gasteiger partial charge on any atom is -0.351 e. The van der Waals surface area contributed by atoms with E-state index >= 15 is 0 Å². The summed E-state index contributed by atoms with van der Waals surface area (Å²) in [6.45, 7) is 0.597. The number of carbonyl (C=O) groups is 2. The lowest BCUT2D eigenvalue weighted by Gasteiger charge is -2.05. The first-order valence-electron chi connectivity index (χ1n) is 8.55. The minimum atomic E-state index is -0.337. The number of para-hydroxylation sites is 1. The van der Waals surface area contributed by atoms with Gasteiger partial charge < -0.3 is 15.6 Å². The number of H-pyrrole nitrogens is 1. The van der Waals surface area contributed by atoms with E-state index in [0.29, 0.717) is 17.7 Å². The van der Waals surface area contributed by atoms with E-state index < -0.39 is 0 Å². The third-order valence-corrected chi connectivity index (χ3v) is 3.94. The van der Waals surface area contributed by atoms with Crippen molar-refractivity contribution in [1.29, 1.82) is 0 Å². The molecule has 1 aromatic heterocycles. The van der Waals surface area contributed by atoms with Gasteiger partial charge in [0.1, 0.15) is 0 Å². The highest BCUT2D eigenvalue weighted by Gasteiger charge is 2.04. The van der Waals surface area contributed by atoms with Gasteiger partial charge in [-0.3, -0.25) is 14.4 Å². The van der Waals surface area contributed by atoms with Crippen molar-refractivity contribution < 1.29 is 9.59 Å². The van der Waals surface area contributed by atoms with E-state index in [2.05, 4.69) is 15.6 Å². The van der Waals surface area contributed by atoms with Crippen molar-refractivity contribution >= 4 is 28.8 Å². The molecule has 0 fully saturated rings. The Morgan fingerprint density at radius 1 is 0.926 bits per heavy atom. The maximum absolute atomic E-state index is 12.0. The van der Waals surface area contributed by atoms with Gasteiger partial charge in [-0.15, -0.1) is 0 Å². The lowest BCUT2D eigenvalue weighted by Crippen LogP contribution is -2.34. The van der Waals surface area contributed by atoms with Crippen LogP contribution >= 0.6 is 0 Å². The zero-order valence-corrected chi connectivity index (χ0v) is 14.6. The van der Waals surface area contributed by atoms with Crippen molar-refractivity contribution in [3.63, 3.8) is 0 Å². The number of nitrogens with one attached hydrogen (secondary N) is 3. The van der Waals surface area contributed by atoms with Gasteiger partial charge >= 0.3 is 0 Å². The Hall–Kier alpha value is -3.67. The van der Waals surface area contributed by atoms with E-state index in [1.165, 1.54) is 12.2 Å². The van der Waals surface area contributed by atoms with Crippen LogP contribution < -0.4 is 16.2 Å². The topological polar surface area (TPSA) is 91.1 Å². The Balaban J connectivity index is 1.50. The highest BCUT2D eigenvalue weighted by atomic mass is 16.2. The zero-order valence-electron chi connectivity index (χ0n) is 14.6. The molecule has 0 saturated heterocycles. The molecule has 2 amide bonds. The lowest BCUT2D eigenvalue weighted by molar-refractivity contribution is -0.116. The fourth-order valence-electron chi connectivity index (χ4n) is 2.57. The fourth-order valence-corrected chi connectivity index (χ4v) is 2.57. The molecule has 0 aliphatic rings. The maximum Gasteiger partial charge on any atom is 0.255 e. The highest BCUT2D eigenvalue weighted by Crippen LogP contribution is 2.10. The zero-order chi connectivity index (χ0) is 19.1. The predicted molar refractivity (Wildman–Crippen MR) is 105 cm³/mol. The predicted octanol–water partition coefficient (Wildman–Crippen LogP) is 2.09. The van der Waals surface area contributed by atoms with Gasteiger partial charge in [-0.25, -0.2) is 0 Å². The number of benzene rings is 2. The monoisotopic (exact) mass is 361 g/mol. The van der Waals surface area contributed by atoms with Crippen molar-refractivity contribution in [2.45, 2.75) is 0 Å². The summed E-state index contributed by atoms with van der Waals surface area (Å²) in [5.74, 6) is -0.528. The van der Waals surface area contributed by atoms with Gasteiger partial charge in [0.15, 0.2) is 0 Å². The largest absolute Gasteiger partial charge is 0.351 e. The van der Waals surface area contributed by atoms with E-state index in [0.717, 1.165) is 10.9 Å². The van der Waals surface area contributed by atoms with Gasteiger partial charge in [-0.1, -0.05) is 36.4 Å². The molecule has 1 heterocycles. The van der Waals surface area contributed by atoms with Gasteiger partial charge in [-0.05, 0) is 35.7 Å². The van der Waals surface area contributed by atoms with Gasteiger partial charge in [0.25, 0.3) is 11.5 Å². The Labute approximate surface area is 155 Å². The summed E-state index contributed by atoms with van der Waals surface area (Å²) in [5.41, 5.74) is 1.46. The van der Waals surface area contributed by atoms with Crippen LogP contribution in [0.4, 0.5) is 0 Å². The normalized spacial score (nSPS) is 10.8. The van der Waals surface area contributed by atoms with Crippen LogP contribution in [0.5, 0.6) is 0 Å². The smallest absolute Gasteiger partial charge is 0.255 e. The van der Waals surface area contributed by atoms with Gasteiger partial charge in [-0.2, -0.15) is 0 Å². The number of fused-ring (bicyclic) bond motifs is 1. The van der Waals surface area contributed by atoms with Gasteiger partial charge in [0.2, 0.25) is 5.91 Å². The van der Waals surface area contributed by atoms with E-state index in [-0.39, 0.29) is 23.9 Å². The van der Waals surface area contributed by atoms with Crippen LogP contribution in [0.1, 0.15) is 15.9 Å². The van der Waals surface area contributed by atoms with Crippen molar-refractivity contribution in [3.05, 3.63) is 88.2 Å². The number of hydrogen-bond donors (Lipinski definition) is 3. The van der Waals surface area contributed by atoms with Crippen LogP contribution in [0.2, 0.25) is 0 Å². The molecule has 0 aliphatic heterocycles. The first-order valence-corrected chi connectivity index (χ1v) is 8.55. The Morgan fingerprint density at radius 3 is 2.44 bits per heavy atom. The van der Waals surface area contributed by atoms with Crippen LogP contribution in [0.15, 0.2) is 71.5 Å². The molecule has 0 saturated carbocycles. The molecule has 0 bridgehead atoms. The molecule has 3 N–H and O–H groups in total. The quantitative estimate of drug-likeness (QED) is 0.464. The Kier molecular flexibility index (Phi) is 5.79. The second-order valence-corrected chi connectivity index (χ2v) is 5.89. The van der Waals surface area contributed by atoms with Crippen LogP contribution in [0.3, 0.4) is 0 Å². The van der Waals surface area contributed by atoms with Crippen molar-refractivity contribution in [3.8, 4) is 0 Å². The number of rotatable bonds is 6. The average molecular weight is 361 g/mol. The number of amides is 2. The second kappa shape index (κ2) is 8.62. The molecule has 0 aliphatic carbocycles. The summed E-state index contributed by atoms with van der Waals surface area (Å²) >= 11 is 0. The van der Waals surface area contributed by atoms with E-state index in [9.17, 15) is 14.4 Å². The summed E-state index contributed by atoms with van der Waals surface area (Å²) in [6.07, 6.45) is 2.78. The van der Waals surface area contributed by atoms with Crippen LogP contribution in [-0.4, -0.2) is 29.9 Å². The second-order valence-electron chi connectivity index (χ2n) is 5.89. The van der Waals surface area contributed by atoms with E-state index in [4.69, 9.17) is 0 Å². The molecule has 6 nitrogen and oxygen atoms in total. The molecule has 0 atom stereocenters. The Morgan fingerprint density at radius 2 is 1.63 bits per heavy atom. The molecule has 0 spiro atoms. The van der Waals surface area contributed by atoms with Crippen molar-refractivity contribution in [1.82, 2.24) is 15.6 Å². The molecular formula is C21H19N3O3. The van der Waals surface area contributed by atoms with E-state index in [1.807, 2.05) is 30.3 Å². The fraction of sp³-hybridized carbons (Fsp3) is 0.0952. The highest BCUT2D eigenvalue weighted by molar-refractivity contribution is 5.94. The van der Waals surface area contributed by atoms with Gasteiger partial charge in [0.05, 0.1) is 0 Å². The van der Waals surface area contributed by atoms with E-state index in [1.54, 1.807) is 30.3 Å². The summed E-state index contributed by atoms with van der Waals surface area (Å²) in [5, 5.41) is 6.28. The van der Waals surface area contributed by atoms with Crippen molar-refractivity contribution in [2.75, 3.05) is 13.1 Å². The summed E-state index contributed by atoms with van der Waals surface area (Å²) in [4.78, 5) is 38.6. The third-order valence-electron chi connectivity index (χ3n) is 3.94. The van der Waals surface area contributed by atoms with Crippen molar-refractivity contribution in [2.24, 2.45) is 0 Å². The minimum absolute atomic E-state index is 0.192. The molecule has 3 rings (SSSR count). The number of aromatic amines is 1. The standard InChI is InChI=1S/C21H19N3O3/c25-19(22-12-13-23-20(26)15-6-2-1-3-7-15)11-10-17-14-16-8-4-5-9-18(16)24-21(17)27/h1-11,14H,12-13H2,(H,22,25)(H,23,26)(H,24,27)/b11-10+. The van der Waals surface area contributed by atoms with Crippen LogP contribution in [0.25, 0.3) is 17.0 Å². The molecule has 0 radical (unpaired) electrons. The van der Waals surface area contributed by atoms with Gasteiger partial charge in [0, 0.05) is 35.8 Å². The maximum atomic E-state index is 12.0. The summed E-state index contributed by atoms with van der Waals surface area (Å²) in [6, 6.07) is 18.0. The number of carbonyl (C=O) groups excluding carboxylic acids is 2.